The van der Waals surface area contributed by atoms with Crippen LogP contribution in [0.5, 0.6) is 5.75 Å². The number of aliphatic hydroxyl groups excluding tert-OH is 1. The van der Waals surface area contributed by atoms with Gasteiger partial charge in [0.05, 0.1) is 23.1 Å². The summed E-state index contributed by atoms with van der Waals surface area (Å²) in [7, 11) is 0. The maximum atomic E-state index is 11.5. The molecule has 0 fully saturated rings. The molecule has 26 heavy (non-hydrogen) atoms. The van der Waals surface area contributed by atoms with Crippen LogP contribution in [0.4, 0.5) is 0 Å². The minimum atomic E-state index is -0.481. The van der Waals surface area contributed by atoms with Gasteiger partial charge >= 0.3 is 5.63 Å². The van der Waals surface area contributed by atoms with E-state index >= 15 is 0 Å². The Bertz CT molecular complexity index is 1020. The van der Waals surface area contributed by atoms with Gasteiger partial charge in [-0.1, -0.05) is 17.7 Å². The zero-order valence-electron chi connectivity index (χ0n) is 15.0. The van der Waals surface area contributed by atoms with Crippen molar-refractivity contribution in [3.05, 3.63) is 64.7 Å². The summed E-state index contributed by atoms with van der Waals surface area (Å²) in [5.74, 6) is 0.626. The van der Waals surface area contributed by atoms with E-state index in [9.17, 15) is 9.90 Å². The largest absolute Gasteiger partial charge is 0.488 e. The number of allylic oxidation sites excluding steroid dienone is 1. The molecule has 0 radical (unpaired) electrons. The Morgan fingerprint density at radius 2 is 2.04 bits per heavy atom. The highest BCUT2D eigenvalue weighted by Gasteiger charge is 2.13. The van der Waals surface area contributed by atoms with E-state index in [2.05, 4.69) is 6.58 Å². The summed E-state index contributed by atoms with van der Waals surface area (Å²) in [5, 5.41) is 11.4. The normalized spacial score (nSPS) is 13.3. The Morgan fingerprint density at radius 1 is 1.27 bits per heavy atom. The predicted molar refractivity (Wildman–Crippen MR) is 102 cm³/mol. The van der Waals surface area contributed by atoms with E-state index in [1.54, 1.807) is 18.4 Å². The van der Waals surface area contributed by atoms with E-state index in [-0.39, 0.29) is 0 Å². The highest BCUT2D eigenvalue weighted by atomic mass is 16.5. The van der Waals surface area contributed by atoms with Gasteiger partial charge in [0.1, 0.15) is 23.5 Å². The molecular weight excluding hydrogens is 332 g/mol. The molecule has 0 saturated heterocycles. The summed E-state index contributed by atoms with van der Waals surface area (Å²) in [6, 6.07) is 6.60. The van der Waals surface area contributed by atoms with E-state index < -0.39 is 11.7 Å². The Kier molecular flexibility index (Phi) is 5.28. The molecule has 0 aliphatic heterocycles. The Labute approximate surface area is 151 Å². The van der Waals surface area contributed by atoms with Gasteiger partial charge in [0, 0.05) is 12.1 Å². The predicted octanol–water partition coefficient (Wildman–Crippen LogP) is 4.58. The number of hydrogen-bond donors (Lipinski definition) is 1. The van der Waals surface area contributed by atoms with Crippen LogP contribution in [0.25, 0.3) is 21.9 Å². The molecule has 5 nitrogen and oxygen atoms in total. The van der Waals surface area contributed by atoms with E-state index in [0.29, 0.717) is 29.9 Å². The summed E-state index contributed by atoms with van der Waals surface area (Å²) < 4.78 is 16.7. The van der Waals surface area contributed by atoms with Gasteiger partial charge in [0.2, 0.25) is 0 Å². The van der Waals surface area contributed by atoms with Crippen LogP contribution < -0.4 is 10.4 Å². The number of aliphatic hydroxyl groups is 1. The van der Waals surface area contributed by atoms with E-state index in [1.807, 2.05) is 26.0 Å². The van der Waals surface area contributed by atoms with E-state index in [4.69, 9.17) is 13.6 Å². The second-order valence-electron chi connectivity index (χ2n) is 6.47. The van der Waals surface area contributed by atoms with Gasteiger partial charge in [0.25, 0.3) is 0 Å². The van der Waals surface area contributed by atoms with Gasteiger partial charge in [0.15, 0.2) is 0 Å². The van der Waals surface area contributed by atoms with Crippen molar-refractivity contribution in [2.75, 3.05) is 6.61 Å². The van der Waals surface area contributed by atoms with E-state index in [1.165, 1.54) is 6.07 Å². The van der Waals surface area contributed by atoms with Crippen molar-refractivity contribution in [1.82, 2.24) is 0 Å². The van der Waals surface area contributed by atoms with Crippen molar-refractivity contribution < 1.29 is 18.7 Å². The van der Waals surface area contributed by atoms with Crippen LogP contribution in [0.1, 0.15) is 26.7 Å². The molecule has 0 unspecified atom stereocenters. The average Bonchev–Trinajstić information content (AvgIpc) is 3.06. The lowest BCUT2D eigenvalue weighted by atomic mass is 10.0. The molecule has 3 rings (SSSR count). The molecule has 0 aliphatic rings. The molecule has 0 bridgehead atoms. The molecule has 1 N–H and O–H groups in total. The van der Waals surface area contributed by atoms with Crippen LogP contribution in [0.15, 0.2) is 68.0 Å². The first-order valence-corrected chi connectivity index (χ1v) is 8.51. The van der Waals surface area contributed by atoms with Gasteiger partial charge < -0.3 is 18.7 Å². The van der Waals surface area contributed by atoms with Crippen molar-refractivity contribution >= 4 is 21.9 Å². The molecular formula is C21H22O5. The first-order valence-electron chi connectivity index (χ1n) is 8.51. The number of ether oxygens (including phenoxy) is 1. The fourth-order valence-electron chi connectivity index (χ4n) is 2.75. The standard InChI is InChI=1S/C21H22O5/c1-13(2)17(22)6-4-14(3)8-10-25-21-15-5-7-20(23)26-19(15)12-18-16(21)9-11-24-18/h5,7-9,11-12,17,22H,1,4,6,10H2,2-3H3/b14-8+/t17-/m1/s1. The molecule has 2 heterocycles. The molecule has 0 amide bonds. The maximum Gasteiger partial charge on any atom is 0.336 e. The highest BCUT2D eigenvalue weighted by Crippen LogP contribution is 2.35. The van der Waals surface area contributed by atoms with Crippen molar-refractivity contribution in [1.29, 1.82) is 0 Å². The third kappa shape index (κ3) is 3.89. The average molecular weight is 354 g/mol. The topological polar surface area (TPSA) is 72.8 Å². The minimum absolute atomic E-state index is 0.369. The molecule has 3 aromatic rings. The number of furan rings is 1. The van der Waals surface area contributed by atoms with Crippen LogP contribution in [-0.4, -0.2) is 17.8 Å². The molecule has 136 valence electrons. The highest BCUT2D eigenvalue weighted by molar-refractivity contribution is 6.01. The van der Waals surface area contributed by atoms with Gasteiger partial charge in [-0.2, -0.15) is 0 Å². The first-order chi connectivity index (χ1) is 12.5. The summed E-state index contributed by atoms with van der Waals surface area (Å²) in [6.07, 6.45) is 4.49. The third-order valence-electron chi connectivity index (χ3n) is 4.35. The zero-order chi connectivity index (χ0) is 18.7. The molecule has 1 atom stereocenters. The smallest absolute Gasteiger partial charge is 0.336 e. The van der Waals surface area contributed by atoms with Gasteiger partial charge in [-0.15, -0.1) is 0 Å². The number of benzene rings is 1. The quantitative estimate of drug-likeness (QED) is 0.496. The SMILES string of the molecule is C=C(C)[C@H](O)CC/C(C)=C/COc1c2ccoc2cc2oc(=O)ccc12. The van der Waals surface area contributed by atoms with Crippen LogP contribution in [0.3, 0.4) is 0 Å². The Balaban J connectivity index is 1.79. The lowest BCUT2D eigenvalue weighted by Gasteiger charge is -2.11. The van der Waals surface area contributed by atoms with Crippen LogP contribution in [0.2, 0.25) is 0 Å². The fraction of sp³-hybridized carbons (Fsp3) is 0.286. The van der Waals surface area contributed by atoms with Gasteiger partial charge in [-0.25, -0.2) is 4.79 Å². The molecule has 0 aliphatic carbocycles. The van der Waals surface area contributed by atoms with Gasteiger partial charge in [-0.05, 0) is 44.9 Å². The van der Waals surface area contributed by atoms with Crippen molar-refractivity contribution in [2.24, 2.45) is 0 Å². The second kappa shape index (κ2) is 7.62. The minimum Gasteiger partial charge on any atom is -0.488 e. The maximum absolute atomic E-state index is 11.5. The summed E-state index contributed by atoms with van der Waals surface area (Å²) in [4.78, 5) is 11.5. The lowest BCUT2D eigenvalue weighted by Crippen LogP contribution is -2.07. The molecule has 0 saturated carbocycles. The monoisotopic (exact) mass is 354 g/mol. The van der Waals surface area contributed by atoms with Gasteiger partial charge in [-0.3, -0.25) is 0 Å². The number of hydrogen-bond acceptors (Lipinski definition) is 5. The third-order valence-corrected chi connectivity index (χ3v) is 4.35. The van der Waals surface area contributed by atoms with Crippen molar-refractivity contribution in [2.45, 2.75) is 32.8 Å². The van der Waals surface area contributed by atoms with Crippen molar-refractivity contribution in [3.8, 4) is 5.75 Å². The van der Waals surface area contributed by atoms with Crippen LogP contribution >= 0.6 is 0 Å². The van der Waals surface area contributed by atoms with E-state index in [0.717, 1.165) is 28.3 Å². The summed E-state index contributed by atoms with van der Waals surface area (Å²) >= 11 is 0. The fourth-order valence-corrected chi connectivity index (χ4v) is 2.75. The molecule has 5 heteroatoms. The zero-order valence-corrected chi connectivity index (χ0v) is 15.0. The Morgan fingerprint density at radius 3 is 2.81 bits per heavy atom. The second-order valence-corrected chi connectivity index (χ2v) is 6.47. The van der Waals surface area contributed by atoms with Crippen LogP contribution in [0, 0.1) is 0 Å². The number of rotatable bonds is 7. The Hall–Kier alpha value is -2.79. The molecule has 0 spiro atoms. The molecule has 2 aromatic heterocycles. The van der Waals surface area contributed by atoms with Crippen molar-refractivity contribution in [3.63, 3.8) is 0 Å². The van der Waals surface area contributed by atoms with Crippen LogP contribution in [-0.2, 0) is 0 Å². The molecule has 1 aromatic carbocycles. The summed E-state index contributed by atoms with van der Waals surface area (Å²) in [6.45, 7) is 7.95. The number of fused-ring (bicyclic) bond motifs is 2. The lowest BCUT2D eigenvalue weighted by molar-refractivity contribution is 0.201. The summed E-state index contributed by atoms with van der Waals surface area (Å²) in [5.41, 5.74) is 2.52. The first kappa shape index (κ1) is 18.0.